The maximum Gasteiger partial charge on any atom is 0.435 e. The fourth-order valence-corrected chi connectivity index (χ4v) is 4.59. The Bertz CT molecular complexity index is 1290. The van der Waals surface area contributed by atoms with Gasteiger partial charge in [0.15, 0.2) is 5.69 Å². The average Bonchev–Trinajstić information content (AvgIpc) is 3.39. The molecular formula is C29H31ClF3N5O. The molecule has 0 aliphatic carbocycles. The Labute approximate surface area is 231 Å². The molecule has 1 amide bonds. The number of carbonyl (C=O) groups excluding carboxylic acids is 1. The van der Waals surface area contributed by atoms with Crippen molar-refractivity contribution in [2.45, 2.75) is 12.6 Å². The van der Waals surface area contributed by atoms with Crippen LogP contribution >= 0.6 is 11.6 Å². The van der Waals surface area contributed by atoms with Crippen LogP contribution in [0.1, 0.15) is 22.5 Å². The molecule has 2 aromatic carbocycles. The Morgan fingerprint density at radius 3 is 2.44 bits per heavy atom. The lowest BCUT2D eigenvalue weighted by molar-refractivity contribution is -0.141. The first-order valence-corrected chi connectivity index (χ1v) is 13.2. The Morgan fingerprint density at radius 2 is 1.77 bits per heavy atom. The number of rotatable bonds is 10. The first-order valence-electron chi connectivity index (χ1n) is 12.8. The number of hydrogen-bond acceptors (Lipinski definition) is 4. The number of piperazine rings is 1. The topological polar surface area (TPSA) is 53.4 Å². The van der Waals surface area contributed by atoms with Crippen molar-refractivity contribution in [2.75, 3.05) is 45.8 Å². The van der Waals surface area contributed by atoms with Crippen molar-refractivity contribution < 1.29 is 18.0 Å². The number of nitrogens with one attached hydrogen (secondary N) is 1. The van der Waals surface area contributed by atoms with Crippen LogP contribution in [0.5, 0.6) is 0 Å². The van der Waals surface area contributed by atoms with Crippen LogP contribution in [0.3, 0.4) is 0 Å². The highest BCUT2D eigenvalue weighted by molar-refractivity contribution is 6.32. The van der Waals surface area contributed by atoms with Crippen molar-refractivity contribution in [3.8, 4) is 16.9 Å². The molecule has 206 valence electrons. The SMILES string of the molecule is C=CCC=CCNCCN1CCN(C(=O)c2ccc(-c3cc(C(F)(F)F)nn3-c3ccccc3Cl)cc2)CC1. The molecule has 10 heteroatoms. The van der Waals surface area contributed by atoms with Crippen LogP contribution in [0.15, 0.2) is 79.4 Å². The van der Waals surface area contributed by atoms with Crippen molar-refractivity contribution in [2.24, 2.45) is 0 Å². The summed E-state index contributed by atoms with van der Waals surface area (Å²) in [4.78, 5) is 17.2. The molecule has 0 atom stereocenters. The monoisotopic (exact) mass is 557 g/mol. The van der Waals surface area contributed by atoms with Gasteiger partial charge in [0.2, 0.25) is 0 Å². The Hall–Kier alpha value is -3.40. The van der Waals surface area contributed by atoms with E-state index in [-0.39, 0.29) is 16.6 Å². The van der Waals surface area contributed by atoms with Gasteiger partial charge in [-0.05, 0) is 36.8 Å². The second-order valence-electron chi connectivity index (χ2n) is 9.19. The predicted octanol–water partition coefficient (Wildman–Crippen LogP) is 5.69. The van der Waals surface area contributed by atoms with Gasteiger partial charge in [-0.3, -0.25) is 9.69 Å². The van der Waals surface area contributed by atoms with Gasteiger partial charge >= 0.3 is 6.18 Å². The fraction of sp³-hybridized carbons (Fsp3) is 0.310. The maximum atomic E-state index is 13.5. The third kappa shape index (κ3) is 7.38. The van der Waals surface area contributed by atoms with Crippen LogP contribution in [-0.4, -0.2) is 71.3 Å². The van der Waals surface area contributed by atoms with Crippen LogP contribution < -0.4 is 5.32 Å². The second kappa shape index (κ2) is 13.1. The minimum Gasteiger partial charge on any atom is -0.336 e. The van der Waals surface area contributed by atoms with Crippen molar-refractivity contribution in [3.63, 3.8) is 0 Å². The molecule has 39 heavy (non-hydrogen) atoms. The first kappa shape index (κ1) is 28.6. The van der Waals surface area contributed by atoms with Crippen LogP contribution in [0.25, 0.3) is 16.9 Å². The molecule has 0 spiro atoms. The van der Waals surface area contributed by atoms with E-state index in [2.05, 4.69) is 34.0 Å². The molecule has 0 saturated carbocycles. The molecule has 0 bridgehead atoms. The van der Waals surface area contributed by atoms with E-state index in [1.54, 1.807) is 48.5 Å². The number of benzene rings is 2. The largest absolute Gasteiger partial charge is 0.435 e. The summed E-state index contributed by atoms with van der Waals surface area (Å²) in [5, 5.41) is 7.44. The minimum atomic E-state index is -4.61. The first-order chi connectivity index (χ1) is 18.8. The molecule has 0 unspecified atom stereocenters. The molecule has 1 aromatic heterocycles. The number of amides is 1. The van der Waals surface area contributed by atoms with E-state index in [9.17, 15) is 18.0 Å². The number of alkyl halides is 3. The van der Waals surface area contributed by atoms with Gasteiger partial charge in [-0.2, -0.15) is 18.3 Å². The van der Waals surface area contributed by atoms with Crippen LogP contribution in [-0.2, 0) is 6.18 Å². The van der Waals surface area contributed by atoms with Crippen molar-refractivity contribution >= 4 is 17.5 Å². The molecule has 1 fully saturated rings. The zero-order valence-corrected chi connectivity index (χ0v) is 22.3. The molecular weight excluding hydrogens is 527 g/mol. The molecule has 3 aromatic rings. The molecule has 4 rings (SSSR count). The van der Waals surface area contributed by atoms with Gasteiger partial charge in [0.05, 0.1) is 16.4 Å². The summed E-state index contributed by atoms with van der Waals surface area (Å²) in [7, 11) is 0. The highest BCUT2D eigenvalue weighted by atomic mass is 35.5. The van der Waals surface area contributed by atoms with E-state index < -0.39 is 11.9 Å². The number of para-hydroxylation sites is 1. The van der Waals surface area contributed by atoms with E-state index >= 15 is 0 Å². The quantitative estimate of drug-likeness (QED) is 0.257. The summed E-state index contributed by atoms with van der Waals surface area (Å²) in [6.45, 7) is 9.09. The van der Waals surface area contributed by atoms with Crippen molar-refractivity contribution in [1.29, 1.82) is 0 Å². The van der Waals surface area contributed by atoms with E-state index in [4.69, 9.17) is 11.6 Å². The number of allylic oxidation sites excluding steroid dienone is 2. The van der Waals surface area contributed by atoms with Gasteiger partial charge in [0.25, 0.3) is 5.91 Å². The van der Waals surface area contributed by atoms with Crippen LogP contribution in [0.4, 0.5) is 13.2 Å². The minimum absolute atomic E-state index is 0.0951. The van der Waals surface area contributed by atoms with Crippen LogP contribution in [0.2, 0.25) is 5.02 Å². The summed E-state index contributed by atoms with van der Waals surface area (Å²) in [5.74, 6) is -0.0951. The molecule has 1 saturated heterocycles. The van der Waals surface area contributed by atoms with Gasteiger partial charge in [-0.15, -0.1) is 6.58 Å². The highest BCUT2D eigenvalue weighted by Crippen LogP contribution is 2.34. The third-order valence-electron chi connectivity index (χ3n) is 6.50. The van der Waals surface area contributed by atoms with E-state index in [1.807, 2.05) is 11.0 Å². The third-order valence-corrected chi connectivity index (χ3v) is 6.82. The fourth-order valence-electron chi connectivity index (χ4n) is 4.37. The number of hydrogen-bond donors (Lipinski definition) is 1. The standard InChI is InChI=1S/C29H31ClF3N5O/c1-2-3-4-7-14-34-15-16-36-17-19-37(20-18-36)28(39)23-12-10-22(11-13-23)26-21-27(29(31,32)33)35-38(26)25-9-6-5-8-24(25)30/h2,4-13,21,34H,1,3,14-20H2. The van der Waals surface area contributed by atoms with Crippen LogP contribution in [0, 0.1) is 0 Å². The molecule has 1 aliphatic rings. The molecule has 6 nitrogen and oxygen atoms in total. The Morgan fingerprint density at radius 1 is 1.05 bits per heavy atom. The summed E-state index contributed by atoms with van der Waals surface area (Å²) in [6.07, 6.45) is 2.27. The lowest BCUT2D eigenvalue weighted by Crippen LogP contribution is -2.50. The van der Waals surface area contributed by atoms with Gasteiger partial charge in [-0.25, -0.2) is 4.68 Å². The molecule has 0 radical (unpaired) electrons. The van der Waals surface area contributed by atoms with E-state index in [0.29, 0.717) is 29.9 Å². The number of carbonyl (C=O) groups is 1. The van der Waals surface area contributed by atoms with Crippen molar-refractivity contribution in [3.05, 3.63) is 95.7 Å². The summed E-state index contributed by atoms with van der Waals surface area (Å²) < 4.78 is 41.7. The van der Waals surface area contributed by atoms with E-state index in [0.717, 1.165) is 45.2 Å². The number of aromatic nitrogens is 2. The lowest BCUT2D eigenvalue weighted by Gasteiger charge is -2.34. The molecule has 2 heterocycles. The number of halogens is 4. The summed E-state index contributed by atoms with van der Waals surface area (Å²) >= 11 is 6.26. The van der Waals surface area contributed by atoms with Gasteiger partial charge in [-0.1, -0.05) is 54.1 Å². The average molecular weight is 558 g/mol. The maximum absolute atomic E-state index is 13.5. The molecule has 1 N–H and O–H groups in total. The normalized spacial score (nSPS) is 14.7. The zero-order valence-electron chi connectivity index (χ0n) is 21.5. The lowest BCUT2D eigenvalue weighted by atomic mass is 10.1. The summed E-state index contributed by atoms with van der Waals surface area (Å²) in [5.41, 5.74) is 0.524. The van der Waals surface area contributed by atoms with Gasteiger partial charge in [0.1, 0.15) is 0 Å². The zero-order chi connectivity index (χ0) is 27.8. The van der Waals surface area contributed by atoms with Crippen molar-refractivity contribution in [1.82, 2.24) is 24.9 Å². The second-order valence-corrected chi connectivity index (χ2v) is 9.59. The van der Waals surface area contributed by atoms with Gasteiger partial charge < -0.3 is 10.2 Å². The van der Waals surface area contributed by atoms with Gasteiger partial charge in [0, 0.05) is 56.9 Å². The smallest absolute Gasteiger partial charge is 0.336 e. The summed E-state index contributed by atoms with van der Waals surface area (Å²) in [6, 6.07) is 14.1. The Balaban J connectivity index is 1.39. The predicted molar refractivity (Wildman–Crippen MR) is 148 cm³/mol. The number of nitrogens with zero attached hydrogens (tertiary/aromatic N) is 4. The highest BCUT2D eigenvalue weighted by Gasteiger charge is 2.35. The molecule has 1 aliphatic heterocycles. The van der Waals surface area contributed by atoms with E-state index in [1.165, 1.54) is 4.68 Å². The Kier molecular flexibility index (Phi) is 9.61.